The molecule has 198 valence electrons. The van der Waals surface area contributed by atoms with Gasteiger partial charge in [-0.3, -0.25) is 4.79 Å². The highest BCUT2D eigenvalue weighted by molar-refractivity contribution is 6.30. The second kappa shape index (κ2) is 11.0. The molecule has 1 atom stereocenters. The zero-order valence-corrected chi connectivity index (χ0v) is 22.1. The van der Waals surface area contributed by atoms with Gasteiger partial charge in [-0.25, -0.2) is 9.37 Å². The van der Waals surface area contributed by atoms with Gasteiger partial charge in [0.15, 0.2) is 11.6 Å². The van der Waals surface area contributed by atoms with E-state index in [0.717, 1.165) is 32.2 Å². The minimum atomic E-state index is -0.540. The Labute approximate surface area is 225 Å². The standard InChI is InChI=1S/C27H29ClFN7O2/c1-35(26(37)22-4-3-9-31-22)18-7-10-36(11-8-18)27-33-23-14-24(38-2)20(29)13-19(23)25(34-27)32-21-6-5-17(28)12-16(21)15-30/h5-6,12-14,18,22,31H,3-4,7-11H2,1-2H3,(H,32,33,34). The van der Waals surface area contributed by atoms with Crippen molar-refractivity contribution in [2.45, 2.75) is 37.8 Å². The third kappa shape index (κ3) is 5.17. The molecule has 0 saturated carbocycles. The summed E-state index contributed by atoms with van der Waals surface area (Å²) in [4.78, 5) is 26.3. The highest BCUT2D eigenvalue weighted by Gasteiger charge is 2.31. The number of ether oxygens (including phenoxy) is 1. The molecule has 2 N–H and O–H groups in total. The molecule has 2 aliphatic heterocycles. The highest BCUT2D eigenvalue weighted by atomic mass is 35.5. The number of anilines is 3. The lowest BCUT2D eigenvalue weighted by Gasteiger charge is -2.37. The third-order valence-electron chi connectivity index (χ3n) is 7.31. The van der Waals surface area contributed by atoms with Crippen LogP contribution >= 0.6 is 11.6 Å². The van der Waals surface area contributed by atoms with Gasteiger partial charge in [-0.05, 0) is 56.5 Å². The highest BCUT2D eigenvalue weighted by Crippen LogP contribution is 2.33. The molecule has 2 fully saturated rings. The Morgan fingerprint density at radius 1 is 1.26 bits per heavy atom. The number of piperidine rings is 1. The van der Waals surface area contributed by atoms with Gasteiger partial charge in [-0.1, -0.05) is 11.6 Å². The van der Waals surface area contributed by atoms with Crippen LogP contribution in [-0.2, 0) is 4.79 Å². The van der Waals surface area contributed by atoms with Crippen LogP contribution in [0.2, 0.25) is 5.02 Å². The van der Waals surface area contributed by atoms with E-state index in [2.05, 4.69) is 21.6 Å². The molecule has 0 bridgehead atoms. The van der Waals surface area contributed by atoms with Crippen molar-refractivity contribution in [1.82, 2.24) is 20.2 Å². The zero-order valence-electron chi connectivity index (χ0n) is 21.3. The van der Waals surface area contributed by atoms with Crippen molar-refractivity contribution in [2.24, 2.45) is 0 Å². The predicted molar refractivity (Wildman–Crippen MR) is 145 cm³/mol. The summed E-state index contributed by atoms with van der Waals surface area (Å²) in [7, 11) is 3.29. The minimum Gasteiger partial charge on any atom is -0.494 e. The number of hydrogen-bond acceptors (Lipinski definition) is 8. The number of aromatic nitrogens is 2. The molecule has 1 aromatic heterocycles. The second-order valence-electron chi connectivity index (χ2n) is 9.62. The second-order valence-corrected chi connectivity index (χ2v) is 10.1. The lowest BCUT2D eigenvalue weighted by Crippen LogP contribution is -2.50. The molecule has 2 saturated heterocycles. The van der Waals surface area contributed by atoms with Gasteiger partial charge < -0.3 is 25.2 Å². The summed E-state index contributed by atoms with van der Waals surface area (Å²) in [6.07, 6.45) is 3.47. The molecular formula is C27H29ClFN7O2. The molecule has 3 aromatic rings. The number of nitriles is 1. The van der Waals surface area contributed by atoms with Crippen LogP contribution in [-0.4, -0.2) is 66.7 Å². The number of fused-ring (bicyclic) bond motifs is 1. The fourth-order valence-corrected chi connectivity index (χ4v) is 5.30. The number of methoxy groups -OCH3 is 1. The SMILES string of the molecule is COc1cc2nc(N3CCC(N(C)C(=O)C4CCCN4)CC3)nc(Nc3ccc(Cl)cc3C#N)c2cc1F. The van der Waals surface area contributed by atoms with Crippen LogP contribution in [0.3, 0.4) is 0 Å². The van der Waals surface area contributed by atoms with Gasteiger partial charge in [0.2, 0.25) is 11.9 Å². The van der Waals surface area contributed by atoms with Gasteiger partial charge in [-0.15, -0.1) is 0 Å². The maximum atomic E-state index is 14.7. The number of rotatable bonds is 6. The molecule has 1 amide bonds. The lowest BCUT2D eigenvalue weighted by molar-refractivity contribution is -0.134. The van der Waals surface area contributed by atoms with Crippen molar-refractivity contribution in [1.29, 1.82) is 5.26 Å². The fraction of sp³-hybridized carbons (Fsp3) is 0.407. The Morgan fingerprint density at radius 2 is 2.05 bits per heavy atom. The van der Waals surface area contributed by atoms with Crippen LogP contribution in [0.1, 0.15) is 31.2 Å². The van der Waals surface area contributed by atoms with Crippen LogP contribution in [0.5, 0.6) is 5.75 Å². The summed E-state index contributed by atoms with van der Waals surface area (Å²) in [5, 5.41) is 16.9. The molecule has 0 spiro atoms. The normalized spacial score (nSPS) is 17.9. The number of nitrogens with one attached hydrogen (secondary N) is 2. The molecule has 3 heterocycles. The molecule has 2 aliphatic rings. The van der Waals surface area contributed by atoms with Gasteiger partial charge >= 0.3 is 0 Å². The van der Waals surface area contributed by atoms with E-state index in [-0.39, 0.29) is 23.7 Å². The summed E-state index contributed by atoms with van der Waals surface area (Å²) in [6.45, 7) is 2.21. The first-order chi connectivity index (χ1) is 18.4. The van der Waals surface area contributed by atoms with E-state index in [9.17, 15) is 14.4 Å². The minimum absolute atomic E-state index is 0.0803. The summed E-state index contributed by atoms with van der Waals surface area (Å²) in [5.41, 5.74) is 1.34. The van der Waals surface area contributed by atoms with Gasteiger partial charge in [0, 0.05) is 42.7 Å². The Balaban J connectivity index is 1.43. The van der Waals surface area contributed by atoms with E-state index in [1.165, 1.54) is 13.2 Å². The van der Waals surface area contributed by atoms with E-state index < -0.39 is 5.82 Å². The number of benzene rings is 2. The third-order valence-corrected chi connectivity index (χ3v) is 7.55. The van der Waals surface area contributed by atoms with Crippen molar-refractivity contribution >= 4 is 45.9 Å². The van der Waals surface area contributed by atoms with E-state index in [1.807, 2.05) is 11.9 Å². The summed E-state index contributed by atoms with van der Waals surface area (Å²) >= 11 is 6.06. The molecule has 1 unspecified atom stereocenters. The Morgan fingerprint density at radius 3 is 2.74 bits per heavy atom. The van der Waals surface area contributed by atoms with Gasteiger partial charge in [0.1, 0.15) is 11.9 Å². The maximum Gasteiger partial charge on any atom is 0.239 e. The number of nitrogens with zero attached hydrogens (tertiary/aromatic N) is 5. The van der Waals surface area contributed by atoms with Crippen LogP contribution in [0.25, 0.3) is 10.9 Å². The average Bonchev–Trinajstić information content (AvgIpc) is 3.48. The quantitative estimate of drug-likeness (QED) is 0.481. The summed E-state index contributed by atoms with van der Waals surface area (Å²) < 4.78 is 19.8. The van der Waals surface area contributed by atoms with E-state index >= 15 is 0 Å². The average molecular weight is 538 g/mol. The number of halogens is 2. The molecule has 0 radical (unpaired) electrons. The van der Waals surface area contributed by atoms with Gasteiger partial charge in [0.25, 0.3) is 0 Å². The molecule has 2 aromatic carbocycles. The number of amides is 1. The van der Waals surface area contributed by atoms with Crippen LogP contribution in [0, 0.1) is 17.1 Å². The maximum absolute atomic E-state index is 14.7. The molecule has 9 nitrogen and oxygen atoms in total. The monoisotopic (exact) mass is 537 g/mol. The molecule has 0 aliphatic carbocycles. The summed E-state index contributed by atoms with van der Waals surface area (Å²) in [6, 6.07) is 9.96. The Hall–Kier alpha value is -3.68. The fourth-order valence-electron chi connectivity index (χ4n) is 5.13. The number of hydrogen-bond donors (Lipinski definition) is 2. The van der Waals surface area contributed by atoms with Crippen LogP contribution in [0.4, 0.5) is 21.8 Å². The first-order valence-corrected chi connectivity index (χ1v) is 13.0. The van der Waals surface area contributed by atoms with Crippen molar-refractivity contribution in [3.63, 3.8) is 0 Å². The first kappa shape index (κ1) is 25.9. The zero-order chi connectivity index (χ0) is 26.8. The lowest BCUT2D eigenvalue weighted by atomic mass is 10.0. The van der Waals surface area contributed by atoms with Crippen molar-refractivity contribution in [2.75, 3.05) is 44.0 Å². The number of carbonyl (C=O) groups is 1. The van der Waals surface area contributed by atoms with Crippen molar-refractivity contribution in [3.8, 4) is 11.8 Å². The molecule has 11 heteroatoms. The summed E-state index contributed by atoms with van der Waals surface area (Å²) in [5.74, 6) is 0.538. The van der Waals surface area contributed by atoms with Gasteiger partial charge in [0.05, 0.1) is 29.9 Å². The number of likely N-dealkylation sites (N-methyl/N-ethyl adjacent to an activating group) is 1. The van der Waals surface area contributed by atoms with Gasteiger partial charge in [-0.2, -0.15) is 10.2 Å². The Bertz CT molecular complexity index is 1400. The first-order valence-electron chi connectivity index (χ1n) is 12.6. The largest absolute Gasteiger partial charge is 0.494 e. The van der Waals surface area contributed by atoms with Crippen molar-refractivity contribution in [3.05, 3.63) is 46.7 Å². The van der Waals surface area contributed by atoms with E-state index in [4.69, 9.17) is 26.3 Å². The van der Waals surface area contributed by atoms with Crippen molar-refractivity contribution < 1.29 is 13.9 Å². The van der Waals surface area contributed by atoms with Crippen LogP contribution < -0.4 is 20.3 Å². The van der Waals surface area contributed by atoms with E-state index in [0.29, 0.717) is 52.0 Å². The number of carbonyl (C=O) groups excluding carboxylic acids is 1. The molecule has 38 heavy (non-hydrogen) atoms. The predicted octanol–water partition coefficient (Wildman–Crippen LogP) is 4.23. The molecule has 5 rings (SSSR count). The van der Waals surface area contributed by atoms with E-state index in [1.54, 1.807) is 24.3 Å². The topological polar surface area (TPSA) is 106 Å². The Kier molecular flexibility index (Phi) is 7.49. The smallest absolute Gasteiger partial charge is 0.239 e. The molecular weight excluding hydrogens is 509 g/mol. The van der Waals surface area contributed by atoms with Crippen LogP contribution in [0.15, 0.2) is 30.3 Å².